The van der Waals surface area contributed by atoms with Crippen molar-refractivity contribution in [2.45, 2.75) is 70.5 Å². The average Bonchev–Trinajstić information content (AvgIpc) is 3.07. The highest BCUT2D eigenvalue weighted by Gasteiger charge is 2.49. The van der Waals surface area contributed by atoms with E-state index >= 15 is 0 Å². The molecule has 0 radical (unpaired) electrons. The molecule has 0 aliphatic heterocycles. The minimum atomic E-state index is -2.24. The highest BCUT2D eigenvalue weighted by Crippen LogP contribution is 2.52. The van der Waals surface area contributed by atoms with E-state index in [1.807, 2.05) is 32.9 Å². The lowest BCUT2D eigenvalue weighted by atomic mass is 9.72. The normalized spacial score (nSPS) is 20.1. The van der Waals surface area contributed by atoms with Gasteiger partial charge in [-0.1, -0.05) is 50.8 Å². The Balaban J connectivity index is 0.000000959. The Morgan fingerprint density at radius 3 is 2.28 bits per heavy atom. The minimum Gasteiger partial charge on any atom is -0.507 e. The van der Waals surface area contributed by atoms with Crippen LogP contribution in [0.5, 0.6) is 17.2 Å². The molecule has 0 heterocycles. The second kappa shape index (κ2) is 16.6. The van der Waals surface area contributed by atoms with Gasteiger partial charge in [0.1, 0.15) is 29.5 Å². The van der Waals surface area contributed by atoms with Crippen LogP contribution >= 0.6 is 0 Å². The number of Topliss-reactive ketones (excluding diaryl/α,β-unsaturated/α-hetero) is 1. The fourth-order valence-electron chi connectivity index (χ4n) is 5.37. The van der Waals surface area contributed by atoms with Gasteiger partial charge < -0.3 is 45.5 Å². The summed E-state index contributed by atoms with van der Waals surface area (Å²) in [5.74, 6) is -3.81. The maximum Gasteiger partial charge on any atom is 0.202 e. The molecule has 0 amide bonds. The summed E-state index contributed by atoms with van der Waals surface area (Å²) >= 11 is 0. The second-order valence-electron chi connectivity index (χ2n) is 10.6. The van der Waals surface area contributed by atoms with E-state index in [0.717, 1.165) is 0 Å². The smallest absolute Gasteiger partial charge is 0.202 e. The molecule has 0 saturated heterocycles. The van der Waals surface area contributed by atoms with Gasteiger partial charge in [0.25, 0.3) is 0 Å². The van der Waals surface area contributed by atoms with Crippen LogP contribution in [0.2, 0.25) is 0 Å². The quantitative estimate of drug-likeness (QED) is 0.139. The van der Waals surface area contributed by atoms with Gasteiger partial charge in [-0.3, -0.25) is 14.4 Å². The number of aromatic hydroxyl groups is 2. The van der Waals surface area contributed by atoms with Gasteiger partial charge in [0, 0.05) is 36.6 Å². The molecule has 0 aromatic heterocycles. The van der Waals surface area contributed by atoms with Crippen LogP contribution < -0.4 is 10.5 Å². The van der Waals surface area contributed by atoms with Gasteiger partial charge in [0.2, 0.25) is 5.78 Å². The van der Waals surface area contributed by atoms with Crippen molar-refractivity contribution in [3.63, 3.8) is 0 Å². The number of benzene rings is 2. The first-order valence-corrected chi connectivity index (χ1v) is 14.9. The molecule has 5 atom stereocenters. The zero-order chi connectivity index (χ0) is 34.9. The number of phenolic OH excluding ortho intramolecular Hbond substituents is 2. The first-order chi connectivity index (χ1) is 21.8. The maximum atomic E-state index is 13.6. The molecule has 0 saturated carbocycles. The first kappa shape index (κ1) is 38.3. The van der Waals surface area contributed by atoms with Crippen molar-refractivity contribution in [2.75, 3.05) is 27.4 Å². The Morgan fingerprint density at radius 2 is 1.76 bits per heavy atom. The van der Waals surface area contributed by atoms with Gasteiger partial charge in [-0.2, -0.15) is 0 Å². The van der Waals surface area contributed by atoms with Crippen LogP contribution in [0.3, 0.4) is 0 Å². The molecule has 2 aliphatic carbocycles. The zero-order valence-corrected chi connectivity index (χ0v) is 27.1. The SMILES string of the molecule is C=C/C=C/C.CC.COc1cccc2c1C(=O)c1c(O)c3c(c(O)c1C2=O)C[C@@](O)(C(=O)CO)C[C@@H]3OCC(N)C(O)C(C)OC. The number of aliphatic hydroxyl groups is 3. The van der Waals surface area contributed by atoms with Crippen LogP contribution in [0.4, 0.5) is 0 Å². The number of hydrogen-bond donors (Lipinski definition) is 6. The predicted molar refractivity (Wildman–Crippen MR) is 170 cm³/mol. The number of carbonyl (C=O) groups excluding carboxylic acids is 3. The monoisotopic (exact) mass is 643 g/mol. The Bertz CT molecular complexity index is 1470. The Labute approximate surface area is 268 Å². The number of aliphatic hydroxyl groups excluding tert-OH is 2. The van der Waals surface area contributed by atoms with Gasteiger partial charge in [-0.25, -0.2) is 0 Å². The van der Waals surface area contributed by atoms with Crippen molar-refractivity contribution < 1.29 is 54.1 Å². The molecule has 0 fully saturated rings. The van der Waals surface area contributed by atoms with Crippen molar-refractivity contribution in [2.24, 2.45) is 5.73 Å². The molecule has 252 valence electrons. The number of carbonyl (C=O) groups is 3. The molecular formula is C34H45NO11. The first-order valence-electron chi connectivity index (χ1n) is 14.9. The summed E-state index contributed by atoms with van der Waals surface area (Å²) < 4.78 is 16.2. The van der Waals surface area contributed by atoms with Gasteiger partial charge in [0.15, 0.2) is 11.6 Å². The van der Waals surface area contributed by atoms with E-state index in [9.17, 15) is 39.9 Å². The van der Waals surface area contributed by atoms with Gasteiger partial charge in [-0.15, -0.1) is 0 Å². The molecule has 12 nitrogen and oxygen atoms in total. The van der Waals surface area contributed by atoms with Gasteiger partial charge >= 0.3 is 0 Å². The van der Waals surface area contributed by atoms with Crippen molar-refractivity contribution in [1.82, 2.24) is 0 Å². The lowest BCUT2D eigenvalue weighted by Crippen LogP contribution is -2.49. The fraction of sp³-hybridized carbons (Fsp3) is 0.441. The van der Waals surface area contributed by atoms with E-state index in [1.54, 1.807) is 13.0 Å². The number of nitrogens with two attached hydrogens (primary N) is 1. The molecule has 7 N–H and O–H groups in total. The van der Waals surface area contributed by atoms with E-state index in [0.29, 0.717) is 0 Å². The molecule has 2 aromatic rings. The molecule has 0 spiro atoms. The van der Waals surface area contributed by atoms with Crippen LogP contribution in [0.15, 0.2) is 43.0 Å². The Kier molecular flexibility index (Phi) is 13.8. The molecule has 2 aromatic carbocycles. The number of ketones is 3. The lowest BCUT2D eigenvalue weighted by Gasteiger charge is -2.39. The predicted octanol–water partition coefficient (Wildman–Crippen LogP) is 2.68. The average molecular weight is 644 g/mol. The van der Waals surface area contributed by atoms with E-state index < -0.39 is 89.4 Å². The number of ether oxygens (including phenoxy) is 3. The lowest BCUT2D eigenvalue weighted by molar-refractivity contribution is -0.147. The summed E-state index contributed by atoms with van der Waals surface area (Å²) in [6.45, 7) is 9.64. The maximum absolute atomic E-state index is 13.6. The third kappa shape index (κ3) is 7.38. The van der Waals surface area contributed by atoms with Crippen molar-refractivity contribution >= 4 is 17.3 Å². The third-order valence-electron chi connectivity index (χ3n) is 7.85. The van der Waals surface area contributed by atoms with Crippen LogP contribution in [-0.4, -0.2) is 94.2 Å². The largest absolute Gasteiger partial charge is 0.507 e. The zero-order valence-electron chi connectivity index (χ0n) is 27.1. The molecule has 46 heavy (non-hydrogen) atoms. The van der Waals surface area contributed by atoms with Crippen molar-refractivity contribution in [3.8, 4) is 17.2 Å². The van der Waals surface area contributed by atoms with Gasteiger partial charge in [0.05, 0.1) is 54.8 Å². The number of fused-ring (bicyclic) bond motifs is 3. The highest BCUT2D eigenvalue weighted by atomic mass is 16.5. The van der Waals surface area contributed by atoms with E-state index in [1.165, 1.54) is 32.4 Å². The summed E-state index contributed by atoms with van der Waals surface area (Å²) in [4.78, 5) is 39.6. The number of allylic oxidation sites excluding steroid dienone is 3. The van der Waals surface area contributed by atoms with E-state index in [2.05, 4.69) is 6.58 Å². The van der Waals surface area contributed by atoms with E-state index in [-0.39, 0.29) is 34.6 Å². The summed E-state index contributed by atoms with van der Waals surface area (Å²) in [7, 11) is 2.70. The van der Waals surface area contributed by atoms with Crippen LogP contribution in [0.1, 0.15) is 83.2 Å². The van der Waals surface area contributed by atoms with Crippen molar-refractivity contribution in [3.05, 3.63) is 76.4 Å². The standard InChI is InChI=1S/C27H31NO11.C5H8.C2H6/c1-11(37-2)22(31)14(28)10-39-16-8-27(36,17(30)9-29)7-13-19(16)26(35)21-20(24(13)33)23(32)12-5-4-6-15(38-3)18(12)25(21)34;1-3-5-4-2;1-2/h4-6,11,14,16,22,29,31,33,35-36H,7-10,28H2,1-3H3;3-5H,1H2,2H3;1-2H3/b;5-4+;/t11?,14?,16-,22?,27-;;/m0../s1. The Hall–Kier alpha value is -3.91. The number of hydrogen-bond acceptors (Lipinski definition) is 12. The van der Waals surface area contributed by atoms with E-state index in [4.69, 9.17) is 19.9 Å². The topological polar surface area (TPSA) is 206 Å². The minimum absolute atomic E-state index is 0.0565. The second-order valence-corrected chi connectivity index (χ2v) is 10.6. The van der Waals surface area contributed by atoms with Crippen LogP contribution in [-0.2, 0) is 20.7 Å². The summed E-state index contributed by atoms with van der Waals surface area (Å²) in [5.41, 5.74) is 2.37. The number of phenols is 2. The third-order valence-corrected chi connectivity index (χ3v) is 7.85. The summed E-state index contributed by atoms with van der Waals surface area (Å²) in [6.07, 6.45) is 1.38. The number of methoxy groups -OCH3 is 2. The molecule has 4 rings (SSSR count). The summed E-state index contributed by atoms with van der Waals surface area (Å²) in [5, 5.41) is 53.7. The fourth-order valence-corrected chi connectivity index (χ4v) is 5.37. The van der Waals surface area contributed by atoms with Crippen LogP contribution in [0, 0.1) is 0 Å². The molecular weight excluding hydrogens is 598 g/mol. The highest BCUT2D eigenvalue weighted by molar-refractivity contribution is 6.31. The van der Waals surface area contributed by atoms with Crippen LogP contribution in [0.25, 0.3) is 0 Å². The molecule has 3 unspecified atom stereocenters. The summed E-state index contributed by atoms with van der Waals surface area (Å²) in [6, 6.07) is 3.35. The number of rotatable bonds is 10. The molecule has 12 heteroatoms. The van der Waals surface area contributed by atoms with Gasteiger partial charge in [-0.05, 0) is 19.9 Å². The van der Waals surface area contributed by atoms with Crippen molar-refractivity contribution in [1.29, 1.82) is 0 Å². The Morgan fingerprint density at radius 1 is 1.13 bits per heavy atom. The molecule has 2 aliphatic rings. The molecule has 0 bridgehead atoms.